The van der Waals surface area contributed by atoms with Crippen LogP contribution in [0.4, 0.5) is 0 Å². The minimum absolute atomic E-state index is 0.0213. The Hall–Kier alpha value is -2.60. The van der Waals surface area contributed by atoms with Gasteiger partial charge in [0.2, 0.25) is 0 Å². The van der Waals surface area contributed by atoms with E-state index in [-0.39, 0.29) is 29.2 Å². The zero-order chi connectivity index (χ0) is 15.9. The van der Waals surface area contributed by atoms with Crippen molar-refractivity contribution in [1.29, 1.82) is 0 Å². The highest BCUT2D eigenvalue weighted by Gasteiger charge is 2.33. The van der Waals surface area contributed by atoms with Gasteiger partial charge in [-0.25, -0.2) is 0 Å². The lowest BCUT2D eigenvalue weighted by Crippen LogP contribution is -2.30. The van der Waals surface area contributed by atoms with Crippen LogP contribution < -0.4 is 9.47 Å². The summed E-state index contributed by atoms with van der Waals surface area (Å²) in [5, 5.41) is 39.8. The lowest BCUT2D eigenvalue weighted by Gasteiger charge is -2.31. The fraction of sp³-hybridized carbons (Fsp3) is 0.250. The maximum atomic E-state index is 10.3. The third-order valence-corrected chi connectivity index (χ3v) is 3.73. The largest absolute Gasteiger partial charge is 0.508 e. The van der Waals surface area contributed by atoms with E-state index in [2.05, 4.69) is 0 Å². The summed E-state index contributed by atoms with van der Waals surface area (Å²) in [4.78, 5) is 0. The van der Waals surface area contributed by atoms with Crippen molar-refractivity contribution in [1.82, 2.24) is 0 Å². The van der Waals surface area contributed by atoms with Crippen LogP contribution in [0.25, 0.3) is 0 Å². The number of phenolic OH excluding ortho intramolecular Hbond substituents is 3. The number of aliphatic hydroxyl groups is 1. The zero-order valence-corrected chi connectivity index (χ0v) is 11.9. The number of methoxy groups -OCH3 is 1. The standard InChI is InChI=1S/C16H16O6/c1-21-9-5-13(19)10-7-14(20)16(22-15(10)6-9)11-4-8(17)2-3-12(11)18/h2-6,14,16-20H,7H2,1H3. The summed E-state index contributed by atoms with van der Waals surface area (Å²) in [6.07, 6.45) is -1.67. The Morgan fingerprint density at radius 3 is 2.59 bits per heavy atom. The van der Waals surface area contributed by atoms with Gasteiger partial charge >= 0.3 is 0 Å². The molecule has 0 bridgehead atoms. The molecule has 0 aromatic heterocycles. The van der Waals surface area contributed by atoms with E-state index in [1.54, 1.807) is 6.07 Å². The normalized spacial score (nSPS) is 20.1. The second-order valence-corrected chi connectivity index (χ2v) is 5.18. The molecule has 1 aliphatic rings. The third-order valence-electron chi connectivity index (χ3n) is 3.73. The van der Waals surface area contributed by atoms with E-state index >= 15 is 0 Å². The Morgan fingerprint density at radius 1 is 1.09 bits per heavy atom. The molecule has 116 valence electrons. The molecular weight excluding hydrogens is 288 g/mol. The molecule has 2 aromatic carbocycles. The summed E-state index contributed by atoms with van der Waals surface area (Å²) in [5.74, 6) is 0.647. The molecule has 2 atom stereocenters. The average Bonchev–Trinajstić information content (AvgIpc) is 2.50. The molecule has 0 spiro atoms. The SMILES string of the molecule is COc1cc(O)c2c(c1)OC(c1cc(O)ccc1O)C(O)C2. The Bertz CT molecular complexity index is 712. The lowest BCUT2D eigenvalue weighted by atomic mass is 9.93. The molecule has 0 amide bonds. The molecule has 6 heteroatoms. The van der Waals surface area contributed by atoms with Crippen molar-refractivity contribution >= 4 is 0 Å². The number of hydrogen-bond acceptors (Lipinski definition) is 6. The van der Waals surface area contributed by atoms with Gasteiger partial charge in [0.05, 0.1) is 13.2 Å². The molecule has 1 heterocycles. The topological polar surface area (TPSA) is 99.4 Å². The molecule has 22 heavy (non-hydrogen) atoms. The summed E-state index contributed by atoms with van der Waals surface area (Å²) in [6, 6.07) is 7.07. The number of ether oxygens (including phenoxy) is 2. The van der Waals surface area contributed by atoms with Gasteiger partial charge < -0.3 is 29.9 Å². The van der Waals surface area contributed by atoms with Crippen LogP contribution in [0.2, 0.25) is 0 Å². The minimum Gasteiger partial charge on any atom is -0.508 e. The molecule has 0 fully saturated rings. The lowest BCUT2D eigenvalue weighted by molar-refractivity contribution is 0.0184. The molecule has 2 aromatic rings. The van der Waals surface area contributed by atoms with E-state index < -0.39 is 12.2 Å². The molecule has 4 N–H and O–H groups in total. The van der Waals surface area contributed by atoms with E-state index in [4.69, 9.17) is 9.47 Å². The highest BCUT2D eigenvalue weighted by molar-refractivity contribution is 5.52. The highest BCUT2D eigenvalue weighted by atomic mass is 16.5. The van der Waals surface area contributed by atoms with Gasteiger partial charge in [0.15, 0.2) is 6.10 Å². The summed E-state index contributed by atoms with van der Waals surface area (Å²) >= 11 is 0. The van der Waals surface area contributed by atoms with Crippen LogP contribution in [0.15, 0.2) is 30.3 Å². The number of benzene rings is 2. The monoisotopic (exact) mass is 304 g/mol. The number of aliphatic hydroxyl groups excluding tert-OH is 1. The molecule has 0 aliphatic carbocycles. The highest BCUT2D eigenvalue weighted by Crippen LogP contribution is 2.43. The van der Waals surface area contributed by atoms with Crippen molar-refractivity contribution in [3.05, 3.63) is 41.5 Å². The quantitative estimate of drug-likeness (QED) is 0.632. The first-order valence-corrected chi connectivity index (χ1v) is 6.76. The van der Waals surface area contributed by atoms with Gasteiger partial charge in [-0.15, -0.1) is 0 Å². The fourth-order valence-corrected chi connectivity index (χ4v) is 2.61. The van der Waals surface area contributed by atoms with Crippen molar-refractivity contribution in [2.45, 2.75) is 18.6 Å². The summed E-state index contributed by atoms with van der Waals surface area (Å²) in [7, 11) is 1.47. The third kappa shape index (κ3) is 2.37. The summed E-state index contributed by atoms with van der Waals surface area (Å²) in [6.45, 7) is 0. The summed E-state index contributed by atoms with van der Waals surface area (Å²) < 4.78 is 10.8. The molecule has 0 saturated carbocycles. The number of aromatic hydroxyl groups is 3. The van der Waals surface area contributed by atoms with Gasteiger partial charge in [0.25, 0.3) is 0 Å². The second-order valence-electron chi connectivity index (χ2n) is 5.18. The van der Waals surface area contributed by atoms with Crippen molar-refractivity contribution < 1.29 is 29.9 Å². The molecule has 6 nitrogen and oxygen atoms in total. The van der Waals surface area contributed by atoms with E-state index in [1.165, 1.54) is 31.4 Å². The van der Waals surface area contributed by atoms with Gasteiger partial charge in [-0.05, 0) is 18.2 Å². The molecule has 0 saturated heterocycles. The Labute approximate surface area is 126 Å². The van der Waals surface area contributed by atoms with Crippen molar-refractivity contribution in [2.24, 2.45) is 0 Å². The van der Waals surface area contributed by atoms with Crippen molar-refractivity contribution in [3.8, 4) is 28.7 Å². The minimum atomic E-state index is -0.973. The molecule has 0 radical (unpaired) electrons. The maximum absolute atomic E-state index is 10.3. The van der Waals surface area contributed by atoms with E-state index in [9.17, 15) is 20.4 Å². The maximum Gasteiger partial charge on any atom is 0.154 e. The Morgan fingerprint density at radius 2 is 1.86 bits per heavy atom. The molecule has 1 aliphatic heterocycles. The molecular formula is C16H16O6. The predicted octanol–water partition coefficient (Wildman–Crippen LogP) is 1.85. The van der Waals surface area contributed by atoms with Crippen molar-refractivity contribution in [3.63, 3.8) is 0 Å². The van der Waals surface area contributed by atoms with Crippen LogP contribution in [-0.2, 0) is 6.42 Å². The molecule has 2 unspecified atom stereocenters. The second kappa shape index (κ2) is 5.31. The van der Waals surface area contributed by atoms with Gasteiger partial charge in [0, 0.05) is 29.7 Å². The Balaban J connectivity index is 2.03. The van der Waals surface area contributed by atoms with Gasteiger partial charge in [-0.2, -0.15) is 0 Å². The fourth-order valence-electron chi connectivity index (χ4n) is 2.61. The number of phenols is 3. The predicted molar refractivity (Wildman–Crippen MR) is 77.5 cm³/mol. The average molecular weight is 304 g/mol. The van der Waals surface area contributed by atoms with Gasteiger partial charge in [-0.3, -0.25) is 0 Å². The van der Waals surface area contributed by atoms with Crippen LogP contribution >= 0.6 is 0 Å². The van der Waals surface area contributed by atoms with Crippen LogP contribution in [0.5, 0.6) is 28.7 Å². The Kier molecular flexibility index (Phi) is 3.46. The first kappa shape index (κ1) is 14.3. The van der Waals surface area contributed by atoms with Crippen molar-refractivity contribution in [2.75, 3.05) is 7.11 Å². The van der Waals surface area contributed by atoms with Crippen LogP contribution in [0, 0.1) is 0 Å². The van der Waals surface area contributed by atoms with Gasteiger partial charge in [0.1, 0.15) is 28.7 Å². The number of rotatable bonds is 2. The zero-order valence-electron chi connectivity index (χ0n) is 11.9. The molecule has 3 rings (SSSR count). The van der Waals surface area contributed by atoms with Crippen LogP contribution in [-0.4, -0.2) is 33.6 Å². The first-order valence-electron chi connectivity index (χ1n) is 6.76. The summed E-state index contributed by atoms with van der Waals surface area (Å²) in [5.41, 5.74) is 0.754. The smallest absolute Gasteiger partial charge is 0.154 e. The van der Waals surface area contributed by atoms with Crippen LogP contribution in [0.3, 0.4) is 0 Å². The van der Waals surface area contributed by atoms with E-state index in [1.807, 2.05) is 0 Å². The van der Waals surface area contributed by atoms with Gasteiger partial charge in [-0.1, -0.05) is 0 Å². The van der Waals surface area contributed by atoms with E-state index in [0.717, 1.165) is 0 Å². The van der Waals surface area contributed by atoms with Crippen LogP contribution in [0.1, 0.15) is 17.2 Å². The number of fused-ring (bicyclic) bond motifs is 1. The van der Waals surface area contributed by atoms with E-state index in [0.29, 0.717) is 17.1 Å². The number of hydrogen-bond donors (Lipinski definition) is 4. The first-order chi connectivity index (χ1) is 10.5.